The molecule has 0 atom stereocenters. The SMILES string of the molecule is CCCCCC1=NN(c2ccccn2)C(=O)C1=C/C=C1/Oc2ccccc2N1C. The lowest BCUT2D eigenvalue weighted by molar-refractivity contribution is -0.114. The van der Waals surface area contributed by atoms with Gasteiger partial charge in [0.2, 0.25) is 0 Å². The lowest BCUT2D eigenvalue weighted by atomic mass is 10.0. The van der Waals surface area contributed by atoms with Crippen molar-refractivity contribution in [1.82, 2.24) is 4.98 Å². The molecule has 0 fully saturated rings. The first kappa shape index (κ1) is 18.9. The summed E-state index contributed by atoms with van der Waals surface area (Å²) >= 11 is 0. The van der Waals surface area contributed by atoms with Crippen molar-refractivity contribution in [2.24, 2.45) is 5.10 Å². The molecule has 2 aliphatic rings. The van der Waals surface area contributed by atoms with Crippen LogP contribution in [0.15, 0.2) is 77.4 Å². The highest BCUT2D eigenvalue weighted by Gasteiger charge is 2.31. The Morgan fingerprint density at radius 3 is 2.66 bits per heavy atom. The number of hydrogen-bond donors (Lipinski definition) is 0. The van der Waals surface area contributed by atoms with E-state index in [1.165, 1.54) is 5.01 Å². The molecule has 29 heavy (non-hydrogen) atoms. The van der Waals surface area contributed by atoms with Crippen LogP contribution in [0, 0.1) is 0 Å². The first-order valence-electron chi connectivity index (χ1n) is 9.95. The first-order chi connectivity index (χ1) is 14.2. The summed E-state index contributed by atoms with van der Waals surface area (Å²) in [5.41, 5.74) is 2.39. The topological polar surface area (TPSA) is 58.0 Å². The van der Waals surface area contributed by atoms with Crippen LogP contribution in [0.5, 0.6) is 5.75 Å². The molecule has 0 bridgehead atoms. The third kappa shape index (κ3) is 3.78. The number of anilines is 2. The zero-order valence-corrected chi connectivity index (χ0v) is 16.7. The minimum atomic E-state index is -0.162. The molecule has 1 aromatic carbocycles. The Labute approximate surface area is 170 Å². The van der Waals surface area contributed by atoms with E-state index in [-0.39, 0.29) is 5.91 Å². The Balaban J connectivity index is 1.62. The van der Waals surface area contributed by atoms with E-state index in [1.807, 2.05) is 60.5 Å². The summed E-state index contributed by atoms with van der Waals surface area (Å²) in [4.78, 5) is 19.3. The molecule has 0 saturated carbocycles. The van der Waals surface area contributed by atoms with Gasteiger partial charge in [0.25, 0.3) is 5.91 Å². The molecular formula is C23H24N4O2. The molecule has 2 aromatic rings. The number of fused-ring (bicyclic) bond motifs is 1. The fourth-order valence-electron chi connectivity index (χ4n) is 3.41. The van der Waals surface area contributed by atoms with E-state index in [0.717, 1.165) is 42.8 Å². The van der Waals surface area contributed by atoms with E-state index in [9.17, 15) is 4.79 Å². The summed E-state index contributed by atoms with van der Waals surface area (Å²) in [6, 6.07) is 13.3. The van der Waals surface area contributed by atoms with Crippen molar-refractivity contribution in [1.29, 1.82) is 0 Å². The number of aromatic nitrogens is 1. The molecule has 3 heterocycles. The third-order valence-electron chi connectivity index (χ3n) is 5.00. The number of pyridine rings is 1. The van der Waals surface area contributed by atoms with Crippen molar-refractivity contribution in [2.75, 3.05) is 17.0 Å². The third-order valence-corrected chi connectivity index (χ3v) is 5.00. The number of amides is 1. The number of rotatable bonds is 6. The molecule has 1 aromatic heterocycles. The normalized spacial score (nSPS) is 18.4. The van der Waals surface area contributed by atoms with Crippen LogP contribution in [0.25, 0.3) is 0 Å². The van der Waals surface area contributed by atoms with Gasteiger partial charge in [0.1, 0.15) is 0 Å². The van der Waals surface area contributed by atoms with E-state index in [1.54, 1.807) is 12.3 Å². The molecule has 0 aliphatic carbocycles. The molecule has 2 aliphatic heterocycles. The maximum Gasteiger partial charge on any atom is 0.282 e. The van der Waals surface area contributed by atoms with Crippen LogP contribution in [0.3, 0.4) is 0 Å². The van der Waals surface area contributed by atoms with Crippen LogP contribution in [0.4, 0.5) is 11.5 Å². The Morgan fingerprint density at radius 1 is 1.07 bits per heavy atom. The minimum absolute atomic E-state index is 0.162. The lowest BCUT2D eigenvalue weighted by Gasteiger charge is -2.10. The number of hydrogen-bond acceptors (Lipinski definition) is 5. The Hall–Kier alpha value is -3.41. The van der Waals surface area contributed by atoms with Crippen molar-refractivity contribution < 1.29 is 9.53 Å². The highest BCUT2D eigenvalue weighted by Crippen LogP contribution is 2.37. The Morgan fingerprint density at radius 2 is 1.90 bits per heavy atom. The van der Waals surface area contributed by atoms with Gasteiger partial charge in [0.15, 0.2) is 17.5 Å². The zero-order chi connectivity index (χ0) is 20.2. The number of allylic oxidation sites excluding steroid dienone is 2. The fourth-order valence-corrected chi connectivity index (χ4v) is 3.41. The summed E-state index contributed by atoms with van der Waals surface area (Å²) in [5, 5.41) is 5.97. The molecule has 0 N–H and O–H groups in total. The summed E-state index contributed by atoms with van der Waals surface area (Å²) in [7, 11) is 1.95. The molecule has 0 radical (unpaired) electrons. The van der Waals surface area contributed by atoms with E-state index in [4.69, 9.17) is 4.74 Å². The predicted molar refractivity (Wildman–Crippen MR) is 115 cm³/mol. The van der Waals surface area contributed by atoms with Crippen molar-refractivity contribution in [3.8, 4) is 5.75 Å². The van der Waals surface area contributed by atoms with Gasteiger partial charge < -0.3 is 9.64 Å². The zero-order valence-electron chi connectivity index (χ0n) is 16.7. The van der Waals surface area contributed by atoms with Gasteiger partial charge in [-0.15, -0.1) is 0 Å². The second-order valence-corrected chi connectivity index (χ2v) is 7.02. The molecule has 0 unspecified atom stereocenters. The summed E-state index contributed by atoms with van der Waals surface area (Å²) in [6.07, 6.45) is 9.29. The molecule has 0 spiro atoms. The van der Waals surface area contributed by atoms with Crippen molar-refractivity contribution >= 4 is 23.1 Å². The van der Waals surface area contributed by atoms with Gasteiger partial charge in [-0.1, -0.05) is 38.0 Å². The Bertz CT molecular complexity index is 995. The van der Waals surface area contributed by atoms with Crippen molar-refractivity contribution in [2.45, 2.75) is 32.6 Å². The molecule has 148 valence electrons. The second kappa shape index (κ2) is 8.31. The number of carbonyl (C=O) groups excluding carboxylic acids is 1. The maximum atomic E-state index is 13.1. The minimum Gasteiger partial charge on any atom is -0.439 e. The van der Waals surface area contributed by atoms with E-state index < -0.39 is 0 Å². The van der Waals surface area contributed by atoms with Gasteiger partial charge in [-0.05, 0) is 49.3 Å². The maximum absolute atomic E-state index is 13.1. The van der Waals surface area contributed by atoms with Gasteiger partial charge in [0.05, 0.1) is 17.0 Å². The van der Waals surface area contributed by atoms with E-state index in [0.29, 0.717) is 17.3 Å². The average Bonchev–Trinajstić information content (AvgIpc) is 3.24. The summed E-state index contributed by atoms with van der Waals surface area (Å²) in [6.45, 7) is 2.16. The van der Waals surface area contributed by atoms with Gasteiger partial charge in [-0.3, -0.25) is 4.79 Å². The number of ether oxygens (including phenoxy) is 1. The van der Waals surface area contributed by atoms with Gasteiger partial charge in [0, 0.05) is 13.2 Å². The van der Waals surface area contributed by atoms with Gasteiger partial charge in [-0.2, -0.15) is 10.1 Å². The summed E-state index contributed by atoms with van der Waals surface area (Å²) < 4.78 is 5.92. The monoisotopic (exact) mass is 388 g/mol. The van der Waals surface area contributed by atoms with E-state index >= 15 is 0 Å². The van der Waals surface area contributed by atoms with Crippen LogP contribution >= 0.6 is 0 Å². The fraction of sp³-hybridized carbons (Fsp3) is 0.261. The highest BCUT2D eigenvalue weighted by molar-refractivity contribution is 6.30. The quantitative estimate of drug-likeness (QED) is 0.533. The van der Waals surface area contributed by atoms with Crippen LogP contribution in [0.1, 0.15) is 32.6 Å². The Kier molecular flexibility index (Phi) is 5.42. The molecule has 4 rings (SSSR count). The number of nitrogens with zero attached hydrogens (tertiary/aromatic N) is 4. The van der Waals surface area contributed by atoms with Crippen LogP contribution in [0.2, 0.25) is 0 Å². The lowest BCUT2D eigenvalue weighted by Crippen LogP contribution is -2.22. The van der Waals surface area contributed by atoms with Crippen molar-refractivity contribution in [3.05, 3.63) is 72.3 Å². The molecule has 1 amide bonds. The smallest absolute Gasteiger partial charge is 0.282 e. The van der Waals surface area contributed by atoms with Crippen LogP contribution in [-0.4, -0.2) is 23.7 Å². The molecule has 6 heteroatoms. The summed E-state index contributed by atoms with van der Waals surface area (Å²) in [5.74, 6) is 1.86. The van der Waals surface area contributed by atoms with Crippen LogP contribution in [-0.2, 0) is 4.79 Å². The number of carbonyl (C=O) groups is 1. The van der Waals surface area contributed by atoms with Crippen molar-refractivity contribution in [3.63, 3.8) is 0 Å². The second-order valence-electron chi connectivity index (χ2n) is 7.02. The largest absolute Gasteiger partial charge is 0.439 e. The molecule has 6 nitrogen and oxygen atoms in total. The highest BCUT2D eigenvalue weighted by atomic mass is 16.5. The predicted octanol–water partition coefficient (Wildman–Crippen LogP) is 4.66. The number of para-hydroxylation sites is 2. The average molecular weight is 388 g/mol. The van der Waals surface area contributed by atoms with E-state index in [2.05, 4.69) is 17.0 Å². The number of unbranched alkanes of at least 4 members (excludes halogenated alkanes) is 2. The van der Waals surface area contributed by atoms with Gasteiger partial charge in [-0.25, -0.2) is 4.98 Å². The standard InChI is InChI=1S/C23H24N4O2/c1-3-4-5-10-18-17(23(28)27(25-18)21-13-8-9-16-24-21)14-15-22-26(2)19-11-6-7-12-20(19)29-22/h6-9,11-16H,3-5,10H2,1-2H3/b17-14?,22-15+. The van der Waals surface area contributed by atoms with Crippen LogP contribution < -0.4 is 14.6 Å². The molecule has 0 saturated heterocycles. The first-order valence-corrected chi connectivity index (χ1v) is 9.95. The molecular weight excluding hydrogens is 364 g/mol. The van der Waals surface area contributed by atoms with Gasteiger partial charge >= 0.3 is 0 Å². The number of benzene rings is 1. The number of hydrazone groups is 1.